The molecule has 2 aromatic rings. The van der Waals surface area contributed by atoms with Crippen molar-refractivity contribution in [3.8, 4) is 0 Å². The lowest BCUT2D eigenvalue weighted by molar-refractivity contribution is 0.950. The van der Waals surface area contributed by atoms with Crippen molar-refractivity contribution < 1.29 is 0 Å². The Morgan fingerprint density at radius 3 is 2.79 bits per heavy atom. The molecule has 100 valence electrons. The van der Waals surface area contributed by atoms with Crippen molar-refractivity contribution in [2.45, 2.75) is 20.3 Å². The summed E-state index contributed by atoms with van der Waals surface area (Å²) in [6.07, 6.45) is 2.87. The Morgan fingerprint density at radius 2 is 2.05 bits per heavy atom. The van der Waals surface area contributed by atoms with Crippen LogP contribution >= 0.6 is 15.9 Å². The summed E-state index contributed by atoms with van der Waals surface area (Å²) in [5, 5.41) is 6.51. The number of benzene rings is 1. The van der Waals surface area contributed by atoms with Gasteiger partial charge in [-0.1, -0.05) is 19.1 Å². The second-order valence-corrected chi connectivity index (χ2v) is 5.11. The van der Waals surface area contributed by atoms with Gasteiger partial charge in [0.05, 0.1) is 5.69 Å². The standard InChI is InChI=1S/C14H17BrN4/c1-3-8-16-14-17-9-10(2)13(19-14)18-12-7-5-4-6-11(12)15/h4-7,9H,3,8H2,1-2H3,(H2,16,17,18,19). The predicted octanol–water partition coefficient (Wildman–Crippen LogP) is 4.11. The average molecular weight is 321 g/mol. The third kappa shape index (κ3) is 3.67. The summed E-state index contributed by atoms with van der Waals surface area (Å²) in [6.45, 7) is 4.97. The first-order valence-electron chi connectivity index (χ1n) is 6.29. The number of hydrogen-bond acceptors (Lipinski definition) is 4. The number of aryl methyl sites for hydroxylation is 1. The summed E-state index contributed by atoms with van der Waals surface area (Å²) in [5.74, 6) is 1.47. The highest BCUT2D eigenvalue weighted by Gasteiger charge is 2.05. The molecule has 0 aliphatic carbocycles. The topological polar surface area (TPSA) is 49.8 Å². The van der Waals surface area contributed by atoms with Gasteiger partial charge in [0.25, 0.3) is 0 Å². The van der Waals surface area contributed by atoms with E-state index in [0.717, 1.165) is 34.5 Å². The van der Waals surface area contributed by atoms with Gasteiger partial charge in [0.2, 0.25) is 5.95 Å². The van der Waals surface area contributed by atoms with Gasteiger partial charge in [0.1, 0.15) is 5.82 Å². The van der Waals surface area contributed by atoms with Gasteiger partial charge in [-0.25, -0.2) is 4.98 Å². The number of nitrogens with one attached hydrogen (secondary N) is 2. The Morgan fingerprint density at radius 1 is 1.26 bits per heavy atom. The van der Waals surface area contributed by atoms with Crippen LogP contribution in [0.1, 0.15) is 18.9 Å². The lowest BCUT2D eigenvalue weighted by Gasteiger charge is -2.11. The Kier molecular flexibility index (Phi) is 4.74. The summed E-state index contributed by atoms with van der Waals surface area (Å²) >= 11 is 3.52. The van der Waals surface area contributed by atoms with Gasteiger partial charge >= 0.3 is 0 Å². The van der Waals surface area contributed by atoms with E-state index in [0.29, 0.717) is 5.95 Å². The normalized spacial score (nSPS) is 10.3. The van der Waals surface area contributed by atoms with E-state index in [-0.39, 0.29) is 0 Å². The van der Waals surface area contributed by atoms with E-state index >= 15 is 0 Å². The third-order valence-corrected chi connectivity index (χ3v) is 3.32. The van der Waals surface area contributed by atoms with Crippen LogP contribution in [0, 0.1) is 6.92 Å². The zero-order valence-corrected chi connectivity index (χ0v) is 12.7. The molecular weight excluding hydrogens is 304 g/mol. The minimum atomic E-state index is 0.655. The summed E-state index contributed by atoms with van der Waals surface area (Å²) in [4.78, 5) is 8.76. The van der Waals surface area contributed by atoms with Crippen LogP contribution in [0.25, 0.3) is 0 Å². The molecule has 0 radical (unpaired) electrons. The lowest BCUT2D eigenvalue weighted by Crippen LogP contribution is -2.07. The van der Waals surface area contributed by atoms with Crippen molar-refractivity contribution in [3.05, 3.63) is 40.5 Å². The number of hydrogen-bond donors (Lipinski definition) is 2. The molecule has 0 amide bonds. The van der Waals surface area contributed by atoms with E-state index in [1.807, 2.05) is 37.4 Å². The highest BCUT2D eigenvalue weighted by molar-refractivity contribution is 9.10. The molecule has 0 atom stereocenters. The Hall–Kier alpha value is -1.62. The molecule has 2 N–H and O–H groups in total. The number of para-hydroxylation sites is 1. The van der Waals surface area contributed by atoms with Crippen molar-refractivity contribution in [2.75, 3.05) is 17.2 Å². The lowest BCUT2D eigenvalue weighted by atomic mass is 10.3. The van der Waals surface area contributed by atoms with Gasteiger partial charge in [-0.15, -0.1) is 0 Å². The first kappa shape index (κ1) is 13.8. The van der Waals surface area contributed by atoms with E-state index in [2.05, 4.69) is 43.5 Å². The van der Waals surface area contributed by atoms with Crippen LogP contribution in [0.15, 0.2) is 34.9 Å². The molecule has 1 heterocycles. The summed E-state index contributed by atoms with van der Waals surface area (Å²) in [6, 6.07) is 7.97. The fraction of sp³-hybridized carbons (Fsp3) is 0.286. The summed E-state index contributed by atoms with van der Waals surface area (Å²) < 4.78 is 1.01. The molecule has 2 rings (SSSR count). The fourth-order valence-corrected chi connectivity index (χ4v) is 1.96. The van der Waals surface area contributed by atoms with E-state index in [4.69, 9.17) is 0 Å². The SMILES string of the molecule is CCCNc1ncc(C)c(Nc2ccccc2Br)n1. The molecule has 0 fully saturated rings. The molecule has 0 saturated carbocycles. The predicted molar refractivity (Wildman–Crippen MR) is 83.0 cm³/mol. The zero-order valence-electron chi connectivity index (χ0n) is 11.1. The molecule has 0 aliphatic rings. The number of aromatic nitrogens is 2. The minimum absolute atomic E-state index is 0.655. The average Bonchev–Trinajstić information content (AvgIpc) is 2.42. The van der Waals surface area contributed by atoms with Crippen molar-refractivity contribution in [2.24, 2.45) is 0 Å². The quantitative estimate of drug-likeness (QED) is 0.870. The van der Waals surface area contributed by atoms with Crippen LogP contribution in [-0.4, -0.2) is 16.5 Å². The first-order chi connectivity index (χ1) is 9.20. The van der Waals surface area contributed by atoms with Gasteiger partial charge in [-0.2, -0.15) is 4.98 Å². The smallest absolute Gasteiger partial charge is 0.224 e. The maximum absolute atomic E-state index is 4.49. The Labute approximate surface area is 121 Å². The molecule has 1 aromatic carbocycles. The van der Waals surface area contributed by atoms with E-state index in [1.165, 1.54) is 0 Å². The highest BCUT2D eigenvalue weighted by Crippen LogP contribution is 2.26. The molecule has 0 aliphatic heterocycles. The number of anilines is 3. The van der Waals surface area contributed by atoms with Gasteiger partial charge in [0, 0.05) is 22.8 Å². The largest absolute Gasteiger partial charge is 0.354 e. The minimum Gasteiger partial charge on any atom is -0.354 e. The van der Waals surface area contributed by atoms with Gasteiger partial charge in [0.15, 0.2) is 0 Å². The number of rotatable bonds is 5. The number of nitrogens with zero attached hydrogens (tertiary/aromatic N) is 2. The van der Waals surface area contributed by atoms with Crippen LogP contribution in [0.5, 0.6) is 0 Å². The van der Waals surface area contributed by atoms with Crippen molar-refractivity contribution in [1.29, 1.82) is 0 Å². The maximum Gasteiger partial charge on any atom is 0.224 e. The molecule has 0 spiro atoms. The molecule has 0 unspecified atom stereocenters. The Balaban J connectivity index is 2.21. The van der Waals surface area contributed by atoms with E-state index < -0.39 is 0 Å². The molecule has 4 nitrogen and oxygen atoms in total. The molecule has 5 heteroatoms. The second kappa shape index (κ2) is 6.52. The molecule has 1 aromatic heterocycles. The summed E-state index contributed by atoms with van der Waals surface area (Å²) in [7, 11) is 0. The van der Waals surface area contributed by atoms with Crippen LogP contribution in [-0.2, 0) is 0 Å². The molecule has 0 saturated heterocycles. The van der Waals surface area contributed by atoms with E-state index in [1.54, 1.807) is 0 Å². The van der Waals surface area contributed by atoms with Gasteiger partial charge < -0.3 is 10.6 Å². The van der Waals surface area contributed by atoms with Crippen molar-refractivity contribution >= 4 is 33.4 Å². The molecule has 19 heavy (non-hydrogen) atoms. The maximum atomic E-state index is 4.49. The monoisotopic (exact) mass is 320 g/mol. The van der Waals surface area contributed by atoms with Gasteiger partial charge in [-0.05, 0) is 41.4 Å². The van der Waals surface area contributed by atoms with Gasteiger partial charge in [-0.3, -0.25) is 0 Å². The molecule has 0 bridgehead atoms. The second-order valence-electron chi connectivity index (χ2n) is 4.26. The first-order valence-corrected chi connectivity index (χ1v) is 7.09. The number of halogens is 1. The van der Waals surface area contributed by atoms with Crippen LogP contribution < -0.4 is 10.6 Å². The third-order valence-electron chi connectivity index (χ3n) is 2.63. The van der Waals surface area contributed by atoms with Crippen LogP contribution in [0.2, 0.25) is 0 Å². The highest BCUT2D eigenvalue weighted by atomic mass is 79.9. The van der Waals surface area contributed by atoms with Crippen LogP contribution in [0.3, 0.4) is 0 Å². The van der Waals surface area contributed by atoms with Crippen molar-refractivity contribution in [3.63, 3.8) is 0 Å². The Bertz CT molecular complexity index is 557. The van der Waals surface area contributed by atoms with Crippen molar-refractivity contribution in [1.82, 2.24) is 9.97 Å². The summed E-state index contributed by atoms with van der Waals surface area (Å²) in [5.41, 5.74) is 2.00. The van der Waals surface area contributed by atoms with Crippen LogP contribution in [0.4, 0.5) is 17.5 Å². The zero-order chi connectivity index (χ0) is 13.7. The molecular formula is C14H17BrN4. The van der Waals surface area contributed by atoms with E-state index in [9.17, 15) is 0 Å². The fourth-order valence-electron chi connectivity index (χ4n) is 1.58.